The topological polar surface area (TPSA) is 41.5 Å². The van der Waals surface area contributed by atoms with Gasteiger partial charge in [-0.2, -0.15) is 0 Å². The number of hydrogen-bond donors (Lipinski definition) is 0. The third kappa shape index (κ3) is 3.21. The van der Waals surface area contributed by atoms with Crippen LogP contribution < -0.4 is 9.64 Å². The Labute approximate surface area is 164 Å². The zero-order chi connectivity index (χ0) is 19.9. The Balaban J connectivity index is 1.62. The second-order valence-electron chi connectivity index (χ2n) is 8.07. The van der Waals surface area contributed by atoms with Gasteiger partial charge in [-0.1, -0.05) is 0 Å². The number of piperidine rings is 1. The molecule has 1 aromatic carbocycles. The minimum absolute atomic E-state index is 0.0433. The van der Waals surface area contributed by atoms with Gasteiger partial charge in [0, 0.05) is 44.4 Å². The molecule has 0 bridgehead atoms. The molecule has 1 aromatic heterocycles. The van der Waals surface area contributed by atoms with Crippen molar-refractivity contribution in [1.29, 1.82) is 0 Å². The van der Waals surface area contributed by atoms with Crippen molar-refractivity contribution < 1.29 is 13.5 Å². The second kappa shape index (κ2) is 7.28. The Bertz CT molecular complexity index is 885. The van der Waals surface area contributed by atoms with Crippen molar-refractivity contribution in [2.45, 2.75) is 37.6 Å². The number of methoxy groups -OCH3 is 1. The molecule has 0 saturated carbocycles. The highest BCUT2D eigenvalue weighted by Crippen LogP contribution is 2.44. The number of rotatable bonds is 4. The third-order valence-corrected chi connectivity index (χ3v) is 6.04. The molecular formula is C21H26F2N4O. The van der Waals surface area contributed by atoms with Gasteiger partial charge in [0.1, 0.15) is 5.75 Å². The van der Waals surface area contributed by atoms with E-state index in [1.807, 2.05) is 25.2 Å². The normalized spacial score (nSPS) is 21.8. The minimum atomic E-state index is -0.836. The van der Waals surface area contributed by atoms with Crippen LogP contribution in [-0.4, -0.2) is 49.2 Å². The van der Waals surface area contributed by atoms with Gasteiger partial charge < -0.3 is 9.64 Å². The first kappa shape index (κ1) is 19.1. The largest absolute Gasteiger partial charge is 0.496 e. The molecule has 1 unspecified atom stereocenters. The molecule has 4 rings (SSSR count). The Morgan fingerprint density at radius 1 is 1.25 bits per heavy atom. The van der Waals surface area contributed by atoms with Crippen molar-refractivity contribution in [2.24, 2.45) is 0 Å². The van der Waals surface area contributed by atoms with Crippen LogP contribution in [-0.2, 0) is 18.4 Å². The molecule has 2 aliphatic rings. The molecule has 1 aliphatic heterocycles. The summed E-state index contributed by atoms with van der Waals surface area (Å²) >= 11 is 0. The highest BCUT2D eigenvalue weighted by atomic mass is 19.2. The van der Waals surface area contributed by atoms with E-state index in [0.29, 0.717) is 12.3 Å². The van der Waals surface area contributed by atoms with E-state index in [4.69, 9.17) is 9.72 Å². The van der Waals surface area contributed by atoms with E-state index in [0.717, 1.165) is 56.5 Å². The molecule has 0 amide bonds. The molecule has 0 N–H and O–H groups in total. The summed E-state index contributed by atoms with van der Waals surface area (Å²) in [6, 6.07) is 2.61. The molecule has 1 spiro atoms. The summed E-state index contributed by atoms with van der Waals surface area (Å²) in [5.74, 6) is -0.544. The molecule has 1 saturated heterocycles. The van der Waals surface area contributed by atoms with Crippen molar-refractivity contribution in [1.82, 2.24) is 14.9 Å². The first-order valence-electron chi connectivity index (χ1n) is 9.70. The zero-order valence-corrected chi connectivity index (χ0v) is 16.6. The van der Waals surface area contributed by atoms with Crippen LogP contribution in [0.4, 0.5) is 14.7 Å². The molecular weight excluding hydrogens is 362 g/mol. The number of likely N-dealkylation sites (tertiary alicyclic amines) is 1. The first-order valence-corrected chi connectivity index (χ1v) is 9.70. The van der Waals surface area contributed by atoms with Crippen LogP contribution in [0.15, 0.2) is 18.3 Å². The van der Waals surface area contributed by atoms with Gasteiger partial charge in [0.05, 0.1) is 12.8 Å². The number of halogens is 2. The van der Waals surface area contributed by atoms with Crippen molar-refractivity contribution in [3.05, 3.63) is 46.8 Å². The Morgan fingerprint density at radius 2 is 2.07 bits per heavy atom. The van der Waals surface area contributed by atoms with Crippen LogP contribution in [0.2, 0.25) is 0 Å². The van der Waals surface area contributed by atoms with E-state index in [1.54, 1.807) is 0 Å². The molecule has 150 valence electrons. The quantitative estimate of drug-likeness (QED) is 0.804. The molecule has 1 fully saturated rings. The molecule has 5 nitrogen and oxygen atoms in total. The third-order valence-electron chi connectivity index (χ3n) is 6.04. The van der Waals surface area contributed by atoms with Crippen LogP contribution in [0.3, 0.4) is 0 Å². The predicted molar refractivity (Wildman–Crippen MR) is 104 cm³/mol. The predicted octanol–water partition coefficient (Wildman–Crippen LogP) is 3.31. The van der Waals surface area contributed by atoms with Gasteiger partial charge in [0.2, 0.25) is 5.95 Å². The highest BCUT2D eigenvalue weighted by Gasteiger charge is 2.44. The van der Waals surface area contributed by atoms with Gasteiger partial charge in [-0.05, 0) is 49.9 Å². The van der Waals surface area contributed by atoms with Crippen molar-refractivity contribution in [3.63, 3.8) is 0 Å². The van der Waals surface area contributed by atoms with Gasteiger partial charge in [0.25, 0.3) is 0 Å². The van der Waals surface area contributed by atoms with Crippen molar-refractivity contribution >= 4 is 5.95 Å². The van der Waals surface area contributed by atoms with Crippen LogP contribution in [0.1, 0.15) is 36.1 Å². The molecule has 7 heteroatoms. The summed E-state index contributed by atoms with van der Waals surface area (Å²) in [4.78, 5) is 13.4. The second-order valence-corrected chi connectivity index (χ2v) is 8.07. The van der Waals surface area contributed by atoms with Gasteiger partial charge >= 0.3 is 0 Å². The lowest BCUT2D eigenvalue weighted by Crippen LogP contribution is -2.45. The number of hydrogen-bond acceptors (Lipinski definition) is 5. The summed E-state index contributed by atoms with van der Waals surface area (Å²) in [6.07, 6.45) is 5.99. The maximum absolute atomic E-state index is 14.4. The minimum Gasteiger partial charge on any atom is -0.496 e. The average molecular weight is 388 g/mol. The Kier molecular flexibility index (Phi) is 4.95. The van der Waals surface area contributed by atoms with E-state index in [1.165, 1.54) is 18.7 Å². The fourth-order valence-corrected chi connectivity index (χ4v) is 4.64. The summed E-state index contributed by atoms with van der Waals surface area (Å²) < 4.78 is 33.5. The standard InChI is InChI=1S/C21H26F2N4O/c1-26(2)20-24-11-14-7-9-21(19(14)25-20)8-4-10-27(13-21)12-15-17(28-3)6-5-16(22)18(15)23/h5-6,11H,4,7-10,12-13H2,1-3H3. The lowest BCUT2D eigenvalue weighted by Gasteiger charge is -2.40. The highest BCUT2D eigenvalue weighted by molar-refractivity contribution is 5.40. The van der Waals surface area contributed by atoms with Crippen LogP contribution in [0.5, 0.6) is 5.75 Å². The maximum Gasteiger partial charge on any atom is 0.225 e. The van der Waals surface area contributed by atoms with Gasteiger partial charge in [-0.3, -0.25) is 4.90 Å². The molecule has 2 heterocycles. The number of anilines is 1. The summed E-state index contributed by atoms with van der Waals surface area (Å²) in [7, 11) is 5.37. The fourth-order valence-electron chi connectivity index (χ4n) is 4.64. The van der Waals surface area contributed by atoms with Gasteiger partial charge in [0.15, 0.2) is 11.6 Å². The van der Waals surface area contributed by atoms with E-state index in [2.05, 4.69) is 9.88 Å². The number of aryl methyl sites for hydroxylation is 1. The number of fused-ring (bicyclic) bond motifs is 2. The number of benzene rings is 1. The Morgan fingerprint density at radius 3 is 2.82 bits per heavy atom. The van der Waals surface area contributed by atoms with Gasteiger partial charge in [-0.25, -0.2) is 18.7 Å². The van der Waals surface area contributed by atoms with Crippen molar-refractivity contribution in [2.75, 3.05) is 39.2 Å². The first-order chi connectivity index (χ1) is 13.4. The summed E-state index contributed by atoms with van der Waals surface area (Å²) in [5.41, 5.74) is 2.58. The SMILES string of the molecule is COc1ccc(F)c(F)c1CN1CCCC2(CCc3cnc(N(C)C)nc32)C1. The van der Waals surface area contributed by atoms with Crippen LogP contribution in [0.25, 0.3) is 0 Å². The number of ether oxygens (including phenoxy) is 1. The van der Waals surface area contributed by atoms with E-state index in [9.17, 15) is 8.78 Å². The lowest BCUT2D eigenvalue weighted by molar-refractivity contribution is 0.134. The lowest BCUT2D eigenvalue weighted by atomic mass is 9.77. The van der Waals surface area contributed by atoms with Crippen molar-refractivity contribution in [3.8, 4) is 5.75 Å². The zero-order valence-electron chi connectivity index (χ0n) is 16.6. The average Bonchev–Trinajstić information content (AvgIpc) is 3.03. The van der Waals surface area contributed by atoms with E-state index < -0.39 is 11.6 Å². The Hall–Kier alpha value is -2.28. The van der Waals surface area contributed by atoms with Crippen LogP contribution in [0, 0.1) is 11.6 Å². The van der Waals surface area contributed by atoms with Crippen LogP contribution >= 0.6 is 0 Å². The molecule has 28 heavy (non-hydrogen) atoms. The monoisotopic (exact) mass is 388 g/mol. The number of nitrogens with zero attached hydrogens (tertiary/aromatic N) is 4. The summed E-state index contributed by atoms with van der Waals surface area (Å²) in [6.45, 7) is 1.96. The molecule has 2 aromatic rings. The van der Waals surface area contributed by atoms with E-state index in [-0.39, 0.29) is 11.0 Å². The molecule has 1 atom stereocenters. The smallest absolute Gasteiger partial charge is 0.225 e. The fraction of sp³-hybridized carbons (Fsp3) is 0.524. The number of aromatic nitrogens is 2. The molecule has 0 radical (unpaired) electrons. The molecule has 1 aliphatic carbocycles. The maximum atomic E-state index is 14.4. The summed E-state index contributed by atoms with van der Waals surface area (Å²) in [5, 5.41) is 0. The van der Waals surface area contributed by atoms with E-state index >= 15 is 0 Å². The van der Waals surface area contributed by atoms with Gasteiger partial charge in [-0.15, -0.1) is 0 Å².